The van der Waals surface area contributed by atoms with Crippen molar-refractivity contribution in [3.63, 3.8) is 0 Å². The largest absolute Gasteiger partial charge is 0.351 e. The zero-order valence-electron chi connectivity index (χ0n) is 13.8. The van der Waals surface area contributed by atoms with Gasteiger partial charge in [-0.2, -0.15) is 0 Å². The first-order chi connectivity index (χ1) is 9.76. The number of hydrogen-bond donors (Lipinski definition) is 2. The molecule has 3 nitrogen and oxygen atoms in total. The Morgan fingerprint density at radius 3 is 2.62 bits per heavy atom. The van der Waals surface area contributed by atoms with Gasteiger partial charge in [-0.1, -0.05) is 26.0 Å². The highest BCUT2D eigenvalue weighted by Gasteiger charge is 2.13. The van der Waals surface area contributed by atoms with Crippen LogP contribution in [0.5, 0.6) is 0 Å². The number of hydrogen-bond acceptors (Lipinski definition) is 3. The van der Waals surface area contributed by atoms with E-state index in [0.717, 1.165) is 18.0 Å². The molecule has 118 valence electrons. The van der Waals surface area contributed by atoms with Gasteiger partial charge < -0.3 is 10.6 Å². The molecule has 4 heteroatoms. The monoisotopic (exact) mass is 308 g/mol. The topological polar surface area (TPSA) is 41.1 Å². The fourth-order valence-corrected chi connectivity index (χ4v) is 2.63. The lowest BCUT2D eigenvalue weighted by atomic mass is 10.1. The van der Waals surface area contributed by atoms with Crippen LogP contribution in [0.3, 0.4) is 0 Å². The maximum atomic E-state index is 11.8. The Balaban J connectivity index is 2.43. The predicted molar refractivity (Wildman–Crippen MR) is 91.6 cm³/mol. The highest BCUT2D eigenvalue weighted by atomic mass is 32.2. The van der Waals surface area contributed by atoms with Gasteiger partial charge in [0.05, 0.1) is 5.75 Å². The van der Waals surface area contributed by atoms with Crippen LogP contribution in [0.25, 0.3) is 0 Å². The molecule has 1 rings (SSSR count). The third-order valence-corrected chi connectivity index (χ3v) is 3.66. The minimum atomic E-state index is -0.166. The van der Waals surface area contributed by atoms with Gasteiger partial charge in [-0.25, -0.2) is 0 Å². The van der Waals surface area contributed by atoms with Gasteiger partial charge in [-0.05, 0) is 50.9 Å². The molecule has 0 aliphatic heterocycles. The van der Waals surface area contributed by atoms with E-state index in [2.05, 4.69) is 48.7 Å². The van der Waals surface area contributed by atoms with Crippen molar-refractivity contribution < 1.29 is 4.79 Å². The second-order valence-corrected chi connectivity index (χ2v) is 7.81. The minimum Gasteiger partial charge on any atom is -0.351 e. The molecular weight excluding hydrogens is 280 g/mol. The first kappa shape index (κ1) is 18.1. The molecule has 0 fully saturated rings. The van der Waals surface area contributed by atoms with Crippen molar-refractivity contribution >= 4 is 17.7 Å². The maximum absolute atomic E-state index is 11.8. The van der Waals surface area contributed by atoms with Crippen LogP contribution in [0.15, 0.2) is 29.2 Å². The van der Waals surface area contributed by atoms with E-state index in [1.807, 2.05) is 20.8 Å². The zero-order valence-corrected chi connectivity index (χ0v) is 14.6. The minimum absolute atomic E-state index is 0.0795. The molecule has 2 N–H and O–H groups in total. The molecule has 0 heterocycles. The molecule has 0 aliphatic rings. The molecule has 0 spiro atoms. The van der Waals surface area contributed by atoms with Crippen molar-refractivity contribution in [2.75, 3.05) is 12.3 Å². The SMILES string of the molecule is CC(C)CNCc1cccc(SCC(=O)NC(C)(C)C)c1. The normalized spacial score (nSPS) is 11.7. The Labute approximate surface area is 133 Å². The van der Waals surface area contributed by atoms with Gasteiger partial charge >= 0.3 is 0 Å². The summed E-state index contributed by atoms with van der Waals surface area (Å²) in [6.07, 6.45) is 0. The summed E-state index contributed by atoms with van der Waals surface area (Å²) in [5, 5.41) is 6.41. The Kier molecular flexibility index (Phi) is 7.26. The lowest BCUT2D eigenvalue weighted by Crippen LogP contribution is -2.41. The Bertz CT molecular complexity index is 452. The molecule has 1 amide bonds. The standard InChI is InChI=1S/C17H28N2OS/c1-13(2)10-18-11-14-7-6-8-15(9-14)21-12-16(20)19-17(3,4)5/h6-9,13,18H,10-12H2,1-5H3,(H,19,20). The summed E-state index contributed by atoms with van der Waals surface area (Å²) >= 11 is 1.58. The van der Waals surface area contributed by atoms with E-state index in [4.69, 9.17) is 0 Å². The fraction of sp³-hybridized carbons (Fsp3) is 0.588. The average Bonchev–Trinajstić information content (AvgIpc) is 2.34. The van der Waals surface area contributed by atoms with Gasteiger partial charge in [-0.15, -0.1) is 11.8 Å². The van der Waals surface area contributed by atoms with E-state index in [9.17, 15) is 4.79 Å². The van der Waals surface area contributed by atoms with Crippen molar-refractivity contribution in [1.29, 1.82) is 0 Å². The average molecular weight is 308 g/mol. The summed E-state index contributed by atoms with van der Waals surface area (Å²) in [6, 6.07) is 8.38. The van der Waals surface area contributed by atoms with Crippen LogP contribution in [-0.4, -0.2) is 23.7 Å². The molecule has 0 atom stereocenters. The van der Waals surface area contributed by atoms with Crippen LogP contribution in [-0.2, 0) is 11.3 Å². The van der Waals surface area contributed by atoms with E-state index < -0.39 is 0 Å². The third kappa shape index (κ3) is 8.79. The van der Waals surface area contributed by atoms with Crippen molar-refractivity contribution in [3.8, 4) is 0 Å². The van der Waals surface area contributed by atoms with Gasteiger partial charge in [0.2, 0.25) is 5.91 Å². The van der Waals surface area contributed by atoms with E-state index in [1.165, 1.54) is 5.56 Å². The second-order valence-electron chi connectivity index (χ2n) is 6.76. The third-order valence-electron chi connectivity index (χ3n) is 2.66. The number of thioether (sulfide) groups is 1. The highest BCUT2D eigenvalue weighted by Crippen LogP contribution is 2.19. The Morgan fingerprint density at radius 2 is 2.00 bits per heavy atom. The molecular formula is C17H28N2OS. The molecule has 0 unspecified atom stereocenters. The zero-order chi connectivity index (χ0) is 15.9. The molecule has 0 aromatic heterocycles. The number of nitrogens with one attached hydrogen (secondary N) is 2. The summed E-state index contributed by atoms with van der Waals surface area (Å²) in [5.41, 5.74) is 1.09. The Morgan fingerprint density at radius 1 is 1.29 bits per heavy atom. The lowest BCUT2D eigenvalue weighted by Gasteiger charge is -2.20. The first-order valence-electron chi connectivity index (χ1n) is 7.50. The van der Waals surface area contributed by atoms with E-state index in [0.29, 0.717) is 11.7 Å². The van der Waals surface area contributed by atoms with Crippen molar-refractivity contribution in [3.05, 3.63) is 29.8 Å². The quantitative estimate of drug-likeness (QED) is 0.758. The van der Waals surface area contributed by atoms with E-state index in [-0.39, 0.29) is 11.4 Å². The van der Waals surface area contributed by atoms with Crippen LogP contribution in [0.2, 0.25) is 0 Å². The molecule has 0 saturated carbocycles. The van der Waals surface area contributed by atoms with Gasteiger partial charge in [0.15, 0.2) is 0 Å². The van der Waals surface area contributed by atoms with Crippen LogP contribution < -0.4 is 10.6 Å². The maximum Gasteiger partial charge on any atom is 0.230 e. The number of benzene rings is 1. The first-order valence-corrected chi connectivity index (χ1v) is 8.48. The van der Waals surface area contributed by atoms with Gasteiger partial charge in [-0.3, -0.25) is 4.79 Å². The molecule has 0 bridgehead atoms. The molecule has 1 aromatic carbocycles. The molecule has 21 heavy (non-hydrogen) atoms. The number of amides is 1. The van der Waals surface area contributed by atoms with Crippen LogP contribution in [0, 0.1) is 5.92 Å². The molecule has 0 radical (unpaired) electrons. The summed E-state index contributed by atoms with van der Waals surface area (Å²) < 4.78 is 0. The van der Waals surface area contributed by atoms with Gasteiger partial charge in [0, 0.05) is 17.0 Å². The highest BCUT2D eigenvalue weighted by molar-refractivity contribution is 8.00. The van der Waals surface area contributed by atoms with Gasteiger partial charge in [0.25, 0.3) is 0 Å². The molecule has 1 aromatic rings. The van der Waals surface area contributed by atoms with Crippen molar-refractivity contribution in [2.45, 2.75) is 51.6 Å². The summed E-state index contributed by atoms with van der Waals surface area (Å²) in [5.74, 6) is 1.19. The molecule has 0 saturated heterocycles. The second kappa shape index (κ2) is 8.44. The predicted octanol–water partition coefficient (Wildman–Crippen LogP) is 3.44. The van der Waals surface area contributed by atoms with E-state index in [1.54, 1.807) is 11.8 Å². The number of carbonyl (C=O) groups excluding carboxylic acids is 1. The van der Waals surface area contributed by atoms with Crippen molar-refractivity contribution in [1.82, 2.24) is 10.6 Å². The van der Waals surface area contributed by atoms with Crippen molar-refractivity contribution in [2.24, 2.45) is 5.92 Å². The Hall–Kier alpha value is -1.00. The van der Waals surface area contributed by atoms with Crippen LogP contribution in [0.1, 0.15) is 40.2 Å². The number of carbonyl (C=O) groups is 1. The smallest absolute Gasteiger partial charge is 0.230 e. The van der Waals surface area contributed by atoms with Crippen LogP contribution >= 0.6 is 11.8 Å². The summed E-state index contributed by atoms with van der Waals surface area (Å²) in [4.78, 5) is 13.0. The number of rotatable bonds is 7. The van der Waals surface area contributed by atoms with E-state index >= 15 is 0 Å². The van der Waals surface area contributed by atoms with Crippen LogP contribution in [0.4, 0.5) is 0 Å². The van der Waals surface area contributed by atoms with Gasteiger partial charge in [0.1, 0.15) is 0 Å². The fourth-order valence-electron chi connectivity index (χ4n) is 1.85. The summed E-state index contributed by atoms with van der Waals surface area (Å²) in [6.45, 7) is 12.3. The lowest BCUT2D eigenvalue weighted by molar-refractivity contribution is -0.119. The summed E-state index contributed by atoms with van der Waals surface area (Å²) in [7, 11) is 0. The molecule has 0 aliphatic carbocycles.